The van der Waals surface area contributed by atoms with Gasteiger partial charge in [0.25, 0.3) is 0 Å². The van der Waals surface area contributed by atoms with Crippen LogP contribution < -0.4 is 0 Å². The van der Waals surface area contributed by atoms with E-state index in [0.29, 0.717) is 18.2 Å². The minimum atomic E-state index is -0.0402. The number of rotatable bonds is 4. The van der Waals surface area contributed by atoms with Crippen molar-refractivity contribution in [3.8, 4) is 0 Å². The molecule has 0 fully saturated rings. The maximum absolute atomic E-state index is 5.53. The number of nitrogens with zero attached hydrogens (tertiary/aromatic N) is 1. The minimum absolute atomic E-state index is 0.0402. The van der Waals surface area contributed by atoms with Crippen LogP contribution in [0.25, 0.3) is 0 Å². The fraction of sp³-hybridized carbons (Fsp3) is 0.625. The molecule has 1 atom stereocenters. The number of hydrogen-bond acceptors (Lipinski definition) is 3. The molecule has 0 amide bonds. The van der Waals surface area contributed by atoms with Crippen molar-refractivity contribution in [2.75, 3.05) is 13.0 Å². The number of methoxy groups -OCH3 is 1. The van der Waals surface area contributed by atoms with E-state index in [1.165, 1.54) is 0 Å². The molecule has 1 unspecified atom stereocenters. The van der Waals surface area contributed by atoms with E-state index < -0.39 is 0 Å². The molecule has 0 aliphatic carbocycles. The molecule has 0 aliphatic rings. The first-order valence-electron chi connectivity index (χ1n) is 3.81. The van der Waals surface area contributed by atoms with Crippen molar-refractivity contribution < 1.29 is 9.15 Å². The molecule has 1 heterocycles. The van der Waals surface area contributed by atoms with Gasteiger partial charge in [-0.25, -0.2) is 4.98 Å². The topological polar surface area (TPSA) is 35.3 Å². The Kier molecular flexibility index (Phi) is 3.56. The van der Waals surface area contributed by atoms with Gasteiger partial charge in [0.05, 0.1) is 6.20 Å². The third-order valence-electron chi connectivity index (χ3n) is 1.63. The molecule has 1 aromatic heterocycles. The molecule has 1 aromatic rings. The Morgan fingerprint density at radius 1 is 1.75 bits per heavy atom. The summed E-state index contributed by atoms with van der Waals surface area (Å²) >= 11 is 5.53. The van der Waals surface area contributed by atoms with E-state index in [1.54, 1.807) is 13.3 Å². The quantitative estimate of drug-likeness (QED) is 0.681. The zero-order valence-corrected chi connectivity index (χ0v) is 7.97. The molecule has 0 N–H and O–H groups in total. The van der Waals surface area contributed by atoms with Crippen LogP contribution in [0.15, 0.2) is 10.6 Å². The van der Waals surface area contributed by atoms with Gasteiger partial charge in [0.15, 0.2) is 11.7 Å². The molecular weight excluding hydrogens is 178 g/mol. The Bertz CT molecular complexity index is 237. The summed E-state index contributed by atoms with van der Waals surface area (Å²) < 4.78 is 10.4. The Balaban J connectivity index is 2.63. The summed E-state index contributed by atoms with van der Waals surface area (Å²) in [5, 5.41) is 0. The average molecular weight is 190 g/mol. The Morgan fingerprint density at radius 2 is 2.50 bits per heavy atom. The van der Waals surface area contributed by atoms with Crippen LogP contribution in [-0.2, 0) is 11.2 Å². The van der Waals surface area contributed by atoms with Crippen LogP contribution in [0.4, 0.5) is 0 Å². The molecular formula is C8H12ClNO2. The van der Waals surface area contributed by atoms with Crippen LogP contribution >= 0.6 is 11.6 Å². The number of aromatic nitrogens is 1. The van der Waals surface area contributed by atoms with Crippen LogP contribution in [0.2, 0.25) is 0 Å². The van der Waals surface area contributed by atoms with Gasteiger partial charge in [0, 0.05) is 19.4 Å². The predicted octanol–water partition coefficient (Wildman–Crippen LogP) is 2.16. The smallest absolute Gasteiger partial charge is 0.195 e. The molecule has 0 aromatic carbocycles. The van der Waals surface area contributed by atoms with Crippen molar-refractivity contribution in [3.05, 3.63) is 17.8 Å². The average Bonchev–Trinajstić information content (AvgIpc) is 2.52. The molecule has 0 bridgehead atoms. The molecule has 0 saturated carbocycles. The highest BCUT2D eigenvalue weighted by molar-refractivity contribution is 6.17. The lowest BCUT2D eigenvalue weighted by atomic mass is 10.3. The van der Waals surface area contributed by atoms with Gasteiger partial charge in [-0.3, -0.25) is 0 Å². The lowest BCUT2D eigenvalue weighted by Gasteiger charge is -2.03. The zero-order valence-electron chi connectivity index (χ0n) is 7.21. The second-order valence-corrected chi connectivity index (χ2v) is 2.85. The number of hydrogen-bond donors (Lipinski definition) is 0. The molecule has 3 nitrogen and oxygen atoms in total. The van der Waals surface area contributed by atoms with Gasteiger partial charge >= 0.3 is 0 Å². The largest absolute Gasteiger partial charge is 0.443 e. The monoisotopic (exact) mass is 189 g/mol. The highest BCUT2D eigenvalue weighted by atomic mass is 35.5. The van der Waals surface area contributed by atoms with Gasteiger partial charge in [0.2, 0.25) is 0 Å². The number of halogens is 1. The van der Waals surface area contributed by atoms with E-state index in [4.69, 9.17) is 20.8 Å². The van der Waals surface area contributed by atoms with E-state index in [0.717, 1.165) is 5.76 Å². The van der Waals surface area contributed by atoms with E-state index in [2.05, 4.69) is 4.98 Å². The fourth-order valence-electron chi connectivity index (χ4n) is 0.825. The number of ether oxygens (including phenoxy) is 1. The maximum atomic E-state index is 5.53. The summed E-state index contributed by atoms with van der Waals surface area (Å²) in [6, 6.07) is 0. The lowest BCUT2D eigenvalue weighted by molar-refractivity contribution is 0.0984. The van der Waals surface area contributed by atoms with Crippen molar-refractivity contribution in [2.45, 2.75) is 19.4 Å². The van der Waals surface area contributed by atoms with Crippen molar-refractivity contribution >= 4 is 11.6 Å². The van der Waals surface area contributed by atoms with Crippen LogP contribution in [-0.4, -0.2) is 18.0 Å². The minimum Gasteiger partial charge on any atom is -0.443 e. The van der Waals surface area contributed by atoms with Crippen LogP contribution in [0.3, 0.4) is 0 Å². The highest BCUT2D eigenvalue weighted by Gasteiger charge is 2.09. The SMILES string of the molecule is COC(C)c1cnc(CCCl)o1. The maximum Gasteiger partial charge on any atom is 0.195 e. The molecule has 0 radical (unpaired) electrons. The first kappa shape index (κ1) is 9.55. The van der Waals surface area contributed by atoms with Gasteiger partial charge in [0.1, 0.15) is 6.10 Å². The van der Waals surface area contributed by atoms with Crippen LogP contribution in [0.5, 0.6) is 0 Å². The number of oxazole rings is 1. The lowest BCUT2D eigenvalue weighted by Crippen LogP contribution is -1.92. The number of aryl methyl sites for hydroxylation is 1. The van der Waals surface area contributed by atoms with E-state index in [9.17, 15) is 0 Å². The van der Waals surface area contributed by atoms with Crippen LogP contribution in [0, 0.1) is 0 Å². The summed E-state index contributed by atoms with van der Waals surface area (Å²) in [7, 11) is 1.63. The summed E-state index contributed by atoms with van der Waals surface area (Å²) in [5.74, 6) is 1.95. The van der Waals surface area contributed by atoms with Gasteiger partial charge in [-0.2, -0.15) is 0 Å². The van der Waals surface area contributed by atoms with Crippen molar-refractivity contribution in [1.82, 2.24) is 4.98 Å². The summed E-state index contributed by atoms with van der Waals surface area (Å²) in [6.07, 6.45) is 2.30. The molecule has 12 heavy (non-hydrogen) atoms. The summed E-state index contributed by atoms with van der Waals surface area (Å²) in [5.41, 5.74) is 0. The van der Waals surface area contributed by atoms with Gasteiger partial charge in [-0.1, -0.05) is 0 Å². The number of alkyl halides is 1. The molecule has 0 aliphatic heterocycles. The molecule has 68 valence electrons. The Labute approximate surface area is 76.7 Å². The fourth-order valence-corrected chi connectivity index (χ4v) is 0.987. The Hall–Kier alpha value is -0.540. The van der Waals surface area contributed by atoms with Gasteiger partial charge < -0.3 is 9.15 Å². The summed E-state index contributed by atoms with van der Waals surface area (Å²) in [4.78, 5) is 4.04. The zero-order chi connectivity index (χ0) is 8.97. The predicted molar refractivity (Wildman–Crippen MR) is 46.4 cm³/mol. The third-order valence-corrected chi connectivity index (χ3v) is 1.82. The van der Waals surface area contributed by atoms with Crippen molar-refractivity contribution in [2.24, 2.45) is 0 Å². The van der Waals surface area contributed by atoms with Crippen LogP contribution in [0.1, 0.15) is 24.7 Å². The highest BCUT2D eigenvalue weighted by Crippen LogP contribution is 2.16. The van der Waals surface area contributed by atoms with E-state index >= 15 is 0 Å². The Morgan fingerprint density at radius 3 is 3.08 bits per heavy atom. The van der Waals surface area contributed by atoms with Crippen molar-refractivity contribution in [1.29, 1.82) is 0 Å². The normalized spacial score (nSPS) is 13.2. The summed E-state index contributed by atoms with van der Waals surface area (Å²) in [6.45, 7) is 1.91. The first-order chi connectivity index (χ1) is 5.77. The molecule has 1 rings (SSSR count). The van der Waals surface area contributed by atoms with Gasteiger partial charge in [-0.05, 0) is 6.92 Å². The standard InChI is InChI=1S/C8H12ClNO2/c1-6(11-2)7-5-10-8(12-7)3-4-9/h5-6H,3-4H2,1-2H3. The first-order valence-corrected chi connectivity index (χ1v) is 4.34. The second kappa shape index (κ2) is 4.48. The van der Waals surface area contributed by atoms with Crippen molar-refractivity contribution in [3.63, 3.8) is 0 Å². The molecule has 0 saturated heterocycles. The second-order valence-electron chi connectivity index (χ2n) is 2.47. The van der Waals surface area contributed by atoms with E-state index in [-0.39, 0.29) is 6.10 Å². The van der Waals surface area contributed by atoms with E-state index in [1.807, 2.05) is 6.92 Å². The molecule has 4 heteroatoms. The molecule has 0 spiro atoms. The van der Waals surface area contributed by atoms with Gasteiger partial charge in [-0.15, -0.1) is 11.6 Å². The third kappa shape index (κ3) is 2.22.